The minimum Gasteiger partial charge on any atom is -0.350 e. The van der Waals surface area contributed by atoms with Crippen LogP contribution in [-0.4, -0.2) is 22.8 Å². The Labute approximate surface area is 149 Å². The Morgan fingerprint density at radius 3 is 2.54 bits per heavy atom. The minimum absolute atomic E-state index is 0.209. The molecule has 0 unspecified atom stereocenters. The number of hydrogen-bond donors (Lipinski definition) is 1. The second-order valence-corrected chi connectivity index (χ2v) is 7.27. The summed E-state index contributed by atoms with van der Waals surface area (Å²) in [4.78, 5) is 27.7. The highest BCUT2D eigenvalue weighted by molar-refractivity contribution is 7.11. The summed E-state index contributed by atoms with van der Waals surface area (Å²) in [5.74, 6) is -0.572. The van der Waals surface area contributed by atoms with Crippen molar-refractivity contribution in [3.63, 3.8) is 0 Å². The lowest BCUT2D eigenvalue weighted by atomic mass is 10.1. The summed E-state index contributed by atoms with van der Waals surface area (Å²) in [7, 11) is 0. The predicted molar refractivity (Wildman–Crippen MR) is 98.0 cm³/mol. The zero-order valence-corrected chi connectivity index (χ0v) is 15.2. The van der Waals surface area contributed by atoms with Gasteiger partial charge in [-0.25, -0.2) is 0 Å². The first-order valence-corrected chi connectivity index (χ1v) is 8.85. The highest BCUT2D eigenvalue weighted by Crippen LogP contribution is 2.34. The van der Waals surface area contributed by atoms with Gasteiger partial charge in [0.1, 0.15) is 5.70 Å². The molecule has 0 fully saturated rings. The van der Waals surface area contributed by atoms with Crippen molar-refractivity contribution in [1.82, 2.24) is 4.90 Å². The van der Waals surface area contributed by atoms with Crippen LogP contribution in [0.5, 0.6) is 0 Å². The quantitative estimate of drug-likeness (QED) is 0.826. The van der Waals surface area contributed by atoms with Gasteiger partial charge in [-0.05, 0) is 49.9 Å². The highest BCUT2D eigenvalue weighted by atomic mass is 35.5. The van der Waals surface area contributed by atoms with Gasteiger partial charge >= 0.3 is 0 Å². The second-order valence-electron chi connectivity index (χ2n) is 5.89. The van der Waals surface area contributed by atoms with E-state index in [1.54, 1.807) is 12.1 Å². The molecule has 1 aromatic heterocycles. The summed E-state index contributed by atoms with van der Waals surface area (Å²) in [6.07, 6.45) is 0. The number of benzene rings is 1. The molecular formula is C18H17ClN2O2S. The molecule has 0 aliphatic carbocycles. The van der Waals surface area contributed by atoms with Gasteiger partial charge in [0.15, 0.2) is 0 Å². The Bertz CT molecular complexity index is 841. The maximum Gasteiger partial charge on any atom is 0.278 e. The van der Waals surface area contributed by atoms with E-state index in [9.17, 15) is 9.59 Å². The fourth-order valence-corrected chi connectivity index (χ4v) is 3.59. The number of carbonyl (C=O) groups excluding carboxylic acids is 2. The van der Waals surface area contributed by atoms with Crippen LogP contribution in [0.15, 0.2) is 41.4 Å². The van der Waals surface area contributed by atoms with Crippen molar-refractivity contribution in [2.75, 3.05) is 5.32 Å². The Kier molecular flexibility index (Phi) is 4.47. The molecule has 1 aliphatic heterocycles. The number of hydrogen-bond acceptors (Lipinski definition) is 4. The lowest BCUT2D eigenvalue weighted by molar-refractivity contribution is -0.138. The van der Waals surface area contributed by atoms with Crippen LogP contribution in [0, 0.1) is 6.92 Å². The number of aryl methyl sites for hydroxylation is 1. The summed E-state index contributed by atoms with van der Waals surface area (Å²) < 4.78 is 0. The van der Waals surface area contributed by atoms with Crippen LogP contribution < -0.4 is 5.32 Å². The molecule has 6 heteroatoms. The van der Waals surface area contributed by atoms with Crippen LogP contribution in [0.4, 0.5) is 5.69 Å². The van der Waals surface area contributed by atoms with Gasteiger partial charge in [-0.3, -0.25) is 14.5 Å². The van der Waals surface area contributed by atoms with Crippen molar-refractivity contribution >= 4 is 46.0 Å². The van der Waals surface area contributed by atoms with E-state index in [0.29, 0.717) is 16.3 Å². The number of imide groups is 1. The summed E-state index contributed by atoms with van der Waals surface area (Å²) in [6.45, 7) is 5.58. The fraction of sp³-hybridized carbons (Fsp3) is 0.222. The second kappa shape index (κ2) is 6.42. The Morgan fingerprint density at radius 1 is 1.17 bits per heavy atom. The fourth-order valence-electron chi connectivity index (χ4n) is 2.64. The van der Waals surface area contributed by atoms with Gasteiger partial charge in [-0.15, -0.1) is 11.3 Å². The molecule has 2 amide bonds. The molecule has 1 aromatic carbocycles. The van der Waals surface area contributed by atoms with E-state index in [0.717, 1.165) is 16.1 Å². The first kappa shape index (κ1) is 16.7. The van der Waals surface area contributed by atoms with Gasteiger partial charge in [0.05, 0.1) is 5.57 Å². The number of nitrogens with zero attached hydrogens (tertiary/aromatic N) is 1. The van der Waals surface area contributed by atoms with Gasteiger partial charge < -0.3 is 5.32 Å². The minimum atomic E-state index is -0.308. The van der Waals surface area contributed by atoms with Gasteiger partial charge in [0.25, 0.3) is 11.8 Å². The normalized spacial score (nSPS) is 15.0. The summed E-state index contributed by atoms with van der Waals surface area (Å²) in [6, 6.07) is 8.92. The van der Waals surface area contributed by atoms with Crippen molar-refractivity contribution in [1.29, 1.82) is 0 Å². The molecule has 0 spiro atoms. The topological polar surface area (TPSA) is 49.4 Å². The molecule has 0 saturated heterocycles. The molecular weight excluding hydrogens is 344 g/mol. The third kappa shape index (κ3) is 2.85. The summed E-state index contributed by atoms with van der Waals surface area (Å²) in [5.41, 5.74) is 2.39. The largest absolute Gasteiger partial charge is 0.350 e. The zero-order valence-electron chi connectivity index (χ0n) is 13.6. The monoisotopic (exact) mass is 360 g/mol. The number of nitrogens with one attached hydrogen (secondary N) is 1. The number of carbonyl (C=O) groups is 2. The number of rotatable bonds is 4. The van der Waals surface area contributed by atoms with E-state index >= 15 is 0 Å². The van der Waals surface area contributed by atoms with E-state index in [1.165, 1.54) is 16.2 Å². The Morgan fingerprint density at radius 2 is 1.92 bits per heavy atom. The highest BCUT2D eigenvalue weighted by Gasteiger charge is 2.41. The van der Waals surface area contributed by atoms with Crippen molar-refractivity contribution in [2.45, 2.75) is 26.8 Å². The zero-order chi connectivity index (χ0) is 17.4. The maximum atomic E-state index is 12.8. The van der Waals surface area contributed by atoms with Crippen LogP contribution in [0.3, 0.4) is 0 Å². The SMILES string of the molecule is Cc1ccc(Cl)cc1NC1=C(c2cccs2)C(=O)N(C(C)C)C1=O. The van der Waals surface area contributed by atoms with Crippen LogP contribution in [-0.2, 0) is 9.59 Å². The molecule has 24 heavy (non-hydrogen) atoms. The molecule has 1 aliphatic rings. The lowest BCUT2D eigenvalue weighted by Gasteiger charge is -2.19. The van der Waals surface area contributed by atoms with Crippen LogP contribution in [0.2, 0.25) is 5.02 Å². The standard InChI is InChI=1S/C18H17ClN2O2S/c1-10(2)21-17(22)15(14-5-4-8-24-14)16(18(21)23)20-13-9-12(19)7-6-11(13)3/h4-10,20H,1-3H3. The smallest absolute Gasteiger partial charge is 0.278 e. The maximum absolute atomic E-state index is 12.8. The van der Waals surface area contributed by atoms with E-state index in [2.05, 4.69) is 5.32 Å². The predicted octanol–water partition coefficient (Wildman–Crippen LogP) is 4.31. The number of amides is 2. The van der Waals surface area contributed by atoms with E-state index in [-0.39, 0.29) is 17.9 Å². The van der Waals surface area contributed by atoms with Gasteiger partial charge in [-0.1, -0.05) is 23.7 Å². The molecule has 1 N–H and O–H groups in total. The van der Waals surface area contributed by atoms with Crippen molar-refractivity contribution in [3.8, 4) is 0 Å². The molecule has 2 aromatic rings. The number of thiophene rings is 1. The van der Waals surface area contributed by atoms with Crippen molar-refractivity contribution in [2.24, 2.45) is 0 Å². The van der Waals surface area contributed by atoms with Crippen LogP contribution in [0.25, 0.3) is 5.57 Å². The summed E-state index contributed by atoms with van der Waals surface area (Å²) >= 11 is 7.50. The molecule has 0 bridgehead atoms. The molecule has 2 heterocycles. The molecule has 4 nitrogen and oxygen atoms in total. The average Bonchev–Trinajstić information content (AvgIpc) is 3.10. The van der Waals surface area contributed by atoms with Crippen molar-refractivity contribution < 1.29 is 9.59 Å². The molecule has 124 valence electrons. The molecule has 0 radical (unpaired) electrons. The van der Waals surface area contributed by atoms with Gasteiger partial charge in [0.2, 0.25) is 0 Å². The average molecular weight is 361 g/mol. The third-order valence-electron chi connectivity index (χ3n) is 3.86. The molecule has 0 atom stereocenters. The Balaban J connectivity index is 2.11. The van der Waals surface area contributed by atoms with Crippen LogP contribution >= 0.6 is 22.9 Å². The van der Waals surface area contributed by atoms with E-state index in [1.807, 2.05) is 44.4 Å². The van der Waals surface area contributed by atoms with E-state index < -0.39 is 0 Å². The molecule has 3 rings (SSSR count). The number of halogens is 1. The van der Waals surface area contributed by atoms with Crippen LogP contribution in [0.1, 0.15) is 24.3 Å². The lowest BCUT2D eigenvalue weighted by Crippen LogP contribution is -2.38. The Hall–Kier alpha value is -2.11. The van der Waals surface area contributed by atoms with Crippen molar-refractivity contribution in [3.05, 3.63) is 56.9 Å². The number of anilines is 1. The summed E-state index contributed by atoms with van der Waals surface area (Å²) in [5, 5.41) is 5.60. The van der Waals surface area contributed by atoms with Gasteiger partial charge in [-0.2, -0.15) is 0 Å². The molecule has 0 saturated carbocycles. The first-order chi connectivity index (χ1) is 11.4. The first-order valence-electron chi connectivity index (χ1n) is 7.59. The third-order valence-corrected chi connectivity index (χ3v) is 4.98. The van der Waals surface area contributed by atoms with Gasteiger partial charge in [0, 0.05) is 21.6 Å². The van der Waals surface area contributed by atoms with E-state index in [4.69, 9.17) is 11.6 Å².